The zero-order chi connectivity index (χ0) is 13.0. The Balaban J connectivity index is 1.93. The van der Waals surface area contributed by atoms with Crippen molar-refractivity contribution in [2.45, 2.75) is 31.9 Å². The van der Waals surface area contributed by atoms with Crippen LogP contribution in [0.3, 0.4) is 0 Å². The molecule has 1 fully saturated rings. The van der Waals surface area contributed by atoms with Crippen LogP contribution in [0, 0.1) is 0 Å². The highest BCUT2D eigenvalue weighted by atomic mass is 16.5. The molecule has 1 aromatic carbocycles. The number of amides is 1. The smallest absolute Gasteiger partial charge is 0.251 e. The van der Waals surface area contributed by atoms with Gasteiger partial charge in [0.25, 0.3) is 5.91 Å². The van der Waals surface area contributed by atoms with E-state index in [9.17, 15) is 4.79 Å². The van der Waals surface area contributed by atoms with Gasteiger partial charge in [0.1, 0.15) is 5.75 Å². The first kappa shape index (κ1) is 12.9. The van der Waals surface area contributed by atoms with E-state index in [-0.39, 0.29) is 18.1 Å². The molecule has 1 heterocycles. The summed E-state index contributed by atoms with van der Waals surface area (Å²) >= 11 is 0. The molecule has 0 aromatic heterocycles. The predicted octanol–water partition coefficient (Wildman–Crippen LogP) is 1.99. The van der Waals surface area contributed by atoms with Gasteiger partial charge in [-0.3, -0.25) is 4.79 Å². The Morgan fingerprint density at radius 3 is 2.72 bits per heavy atom. The number of benzene rings is 1. The van der Waals surface area contributed by atoms with Crippen LogP contribution >= 0.6 is 0 Å². The molecule has 0 aliphatic carbocycles. The third-order valence-corrected chi connectivity index (χ3v) is 3.23. The number of ether oxygens (including phenoxy) is 2. The zero-order valence-corrected chi connectivity index (χ0v) is 10.8. The topological polar surface area (TPSA) is 47.6 Å². The van der Waals surface area contributed by atoms with Gasteiger partial charge in [0.15, 0.2) is 0 Å². The lowest BCUT2D eigenvalue weighted by Gasteiger charge is -2.20. The molecule has 0 spiro atoms. The summed E-state index contributed by atoms with van der Waals surface area (Å²) < 4.78 is 10.6. The average Bonchev–Trinajstić information content (AvgIpc) is 2.92. The minimum atomic E-state index is -0.0688. The quantitative estimate of drug-likeness (QED) is 0.887. The highest BCUT2D eigenvalue weighted by molar-refractivity contribution is 5.94. The Morgan fingerprint density at radius 2 is 2.17 bits per heavy atom. The van der Waals surface area contributed by atoms with Gasteiger partial charge in [-0.05, 0) is 44.0 Å². The Hall–Kier alpha value is -1.55. The van der Waals surface area contributed by atoms with Crippen LogP contribution < -0.4 is 10.1 Å². The van der Waals surface area contributed by atoms with Gasteiger partial charge in [0.2, 0.25) is 0 Å². The summed E-state index contributed by atoms with van der Waals surface area (Å²) in [6.07, 6.45) is 2.24. The molecule has 0 bridgehead atoms. The number of carbonyl (C=O) groups excluding carboxylic acids is 1. The lowest BCUT2D eigenvalue weighted by molar-refractivity contribution is 0.0712. The molecule has 0 radical (unpaired) electrons. The van der Waals surface area contributed by atoms with Crippen molar-refractivity contribution in [3.63, 3.8) is 0 Å². The monoisotopic (exact) mass is 249 g/mol. The van der Waals surface area contributed by atoms with E-state index >= 15 is 0 Å². The second-order valence-corrected chi connectivity index (χ2v) is 4.54. The fourth-order valence-corrected chi connectivity index (χ4v) is 2.12. The summed E-state index contributed by atoms with van der Waals surface area (Å²) in [7, 11) is 1.61. The van der Waals surface area contributed by atoms with Crippen molar-refractivity contribution >= 4 is 5.91 Å². The summed E-state index contributed by atoms with van der Waals surface area (Å²) in [5, 5.41) is 2.97. The summed E-state index contributed by atoms with van der Waals surface area (Å²) in [6.45, 7) is 2.78. The van der Waals surface area contributed by atoms with Crippen LogP contribution in [-0.4, -0.2) is 31.8 Å². The van der Waals surface area contributed by atoms with Crippen LogP contribution in [-0.2, 0) is 4.74 Å². The number of rotatable bonds is 4. The van der Waals surface area contributed by atoms with E-state index in [1.54, 1.807) is 31.4 Å². The van der Waals surface area contributed by atoms with E-state index < -0.39 is 0 Å². The first-order chi connectivity index (χ1) is 8.70. The standard InChI is InChI=1S/C14H19NO3/c1-10(13-4-3-9-18-13)15-14(16)11-5-7-12(17-2)8-6-11/h5-8,10,13H,3-4,9H2,1-2H3,(H,15,16). The molecule has 18 heavy (non-hydrogen) atoms. The van der Waals surface area contributed by atoms with E-state index in [0.29, 0.717) is 5.56 Å². The molecule has 1 aromatic rings. The molecule has 2 unspecified atom stereocenters. The molecule has 98 valence electrons. The summed E-state index contributed by atoms with van der Waals surface area (Å²) in [6, 6.07) is 7.13. The highest BCUT2D eigenvalue weighted by Gasteiger charge is 2.23. The maximum Gasteiger partial charge on any atom is 0.251 e. The fourth-order valence-electron chi connectivity index (χ4n) is 2.12. The molecule has 1 aliphatic rings. The molecule has 4 nitrogen and oxygen atoms in total. The second kappa shape index (κ2) is 5.87. The van der Waals surface area contributed by atoms with Crippen molar-refractivity contribution in [1.82, 2.24) is 5.32 Å². The van der Waals surface area contributed by atoms with Crippen molar-refractivity contribution in [2.24, 2.45) is 0 Å². The Morgan fingerprint density at radius 1 is 1.44 bits per heavy atom. The first-order valence-corrected chi connectivity index (χ1v) is 6.27. The number of methoxy groups -OCH3 is 1. The van der Waals surface area contributed by atoms with Gasteiger partial charge in [-0.25, -0.2) is 0 Å². The van der Waals surface area contributed by atoms with Crippen LogP contribution in [0.25, 0.3) is 0 Å². The van der Waals surface area contributed by atoms with Gasteiger partial charge in [-0.15, -0.1) is 0 Å². The molecule has 1 amide bonds. The van der Waals surface area contributed by atoms with Crippen molar-refractivity contribution in [3.8, 4) is 5.75 Å². The number of hydrogen-bond donors (Lipinski definition) is 1. The molecular formula is C14H19NO3. The lowest BCUT2D eigenvalue weighted by atomic mass is 10.1. The maximum atomic E-state index is 12.0. The van der Waals surface area contributed by atoms with Crippen molar-refractivity contribution in [3.05, 3.63) is 29.8 Å². The van der Waals surface area contributed by atoms with E-state index in [1.807, 2.05) is 6.92 Å². The van der Waals surface area contributed by atoms with Crippen molar-refractivity contribution < 1.29 is 14.3 Å². The van der Waals surface area contributed by atoms with Crippen molar-refractivity contribution in [2.75, 3.05) is 13.7 Å². The van der Waals surface area contributed by atoms with Crippen LogP contribution in [0.4, 0.5) is 0 Å². The van der Waals surface area contributed by atoms with Crippen molar-refractivity contribution in [1.29, 1.82) is 0 Å². The average molecular weight is 249 g/mol. The third kappa shape index (κ3) is 3.01. The Kier molecular flexibility index (Phi) is 4.20. The molecular weight excluding hydrogens is 230 g/mol. The highest BCUT2D eigenvalue weighted by Crippen LogP contribution is 2.16. The van der Waals surface area contributed by atoms with Gasteiger partial charge in [-0.2, -0.15) is 0 Å². The zero-order valence-electron chi connectivity index (χ0n) is 10.8. The minimum Gasteiger partial charge on any atom is -0.497 e. The fraction of sp³-hybridized carbons (Fsp3) is 0.500. The van der Waals surface area contributed by atoms with Gasteiger partial charge in [0, 0.05) is 12.2 Å². The summed E-state index contributed by atoms with van der Waals surface area (Å²) in [4.78, 5) is 12.0. The molecule has 1 N–H and O–H groups in total. The molecule has 1 saturated heterocycles. The lowest BCUT2D eigenvalue weighted by Crippen LogP contribution is -2.40. The van der Waals surface area contributed by atoms with E-state index in [1.165, 1.54) is 0 Å². The van der Waals surface area contributed by atoms with Gasteiger partial charge < -0.3 is 14.8 Å². The van der Waals surface area contributed by atoms with Gasteiger partial charge in [-0.1, -0.05) is 0 Å². The molecule has 1 aliphatic heterocycles. The Labute approximate surface area is 107 Å². The maximum absolute atomic E-state index is 12.0. The molecule has 2 rings (SSSR count). The Bertz CT molecular complexity index is 396. The van der Waals surface area contributed by atoms with Crippen LogP contribution in [0.15, 0.2) is 24.3 Å². The SMILES string of the molecule is COc1ccc(C(=O)NC(C)C2CCCO2)cc1. The van der Waals surface area contributed by atoms with E-state index in [0.717, 1.165) is 25.2 Å². The van der Waals surface area contributed by atoms with E-state index in [2.05, 4.69) is 5.32 Å². The van der Waals surface area contributed by atoms with E-state index in [4.69, 9.17) is 9.47 Å². The molecule has 4 heteroatoms. The predicted molar refractivity (Wildman–Crippen MR) is 68.9 cm³/mol. The van der Waals surface area contributed by atoms with Gasteiger partial charge >= 0.3 is 0 Å². The largest absolute Gasteiger partial charge is 0.497 e. The second-order valence-electron chi connectivity index (χ2n) is 4.54. The summed E-state index contributed by atoms with van der Waals surface area (Å²) in [5.74, 6) is 0.680. The third-order valence-electron chi connectivity index (χ3n) is 3.23. The molecule has 2 atom stereocenters. The van der Waals surface area contributed by atoms with Crippen LogP contribution in [0.1, 0.15) is 30.1 Å². The number of carbonyl (C=O) groups is 1. The first-order valence-electron chi connectivity index (χ1n) is 6.27. The molecule has 0 saturated carbocycles. The van der Waals surface area contributed by atoms with Crippen LogP contribution in [0.2, 0.25) is 0 Å². The van der Waals surface area contributed by atoms with Crippen LogP contribution in [0.5, 0.6) is 5.75 Å². The number of nitrogens with one attached hydrogen (secondary N) is 1. The number of hydrogen-bond acceptors (Lipinski definition) is 3. The normalized spacial score (nSPS) is 20.4. The summed E-state index contributed by atoms with van der Waals surface area (Å²) in [5.41, 5.74) is 0.639. The van der Waals surface area contributed by atoms with Gasteiger partial charge in [0.05, 0.1) is 19.3 Å². The minimum absolute atomic E-state index is 0.0436.